The Balaban J connectivity index is 1.92. The Hall–Kier alpha value is -2.05. The second-order valence-electron chi connectivity index (χ2n) is 4.24. The summed E-state index contributed by atoms with van der Waals surface area (Å²) in [4.78, 5) is 31.2. The zero-order valence-corrected chi connectivity index (χ0v) is 9.93. The molecule has 1 aliphatic rings. The fraction of sp³-hybridized carbons (Fsp3) is 0.545. The fourth-order valence-corrected chi connectivity index (χ4v) is 2.09. The summed E-state index contributed by atoms with van der Waals surface area (Å²) in [6.45, 7) is 0.760. The van der Waals surface area contributed by atoms with Crippen LogP contribution in [0.2, 0.25) is 0 Å². The molecule has 7 heteroatoms. The molecule has 1 aliphatic heterocycles. The topological polar surface area (TPSA) is 98.3 Å². The zero-order chi connectivity index (χ0) is 13.0. The number of hydrogen-bond acceptors (Lipinski definition) is 3. The van der Waals surface area contributed by atoms with E-state index in [4.69, 9.17) is 5.11 Å². The van der Waals surface area contributed by atoms with Gasteiger partial charge in [0.25, 0.3) is 0 Å². The summed E-state index contributed by atoms with van der Waals surface area (Å²) in [5.74, 6) is -0.296. The van der Waals surface area contributed by atoms with Gasteiger partial charge in [-0.05, 0) is 19.3 Å². The fourth-order valence-electron chi connectivity index (χ4n) is 2.09. The molecule has 0 aromatic carbocycles. The molecule has 1 fully saturated rings. The molecule has 7 nitrogen and oxygen atoms in total. The van der Waals surface area contributed by atoms with Gasteiger partial charge in [-0.3, -0.25) is 0 Å². The number of nitrogens with one attached hydrogen (secondary N) is 2. The van der Waals surface area contributed by atoms with E-state index in [-0.39, 0.29) is 12.6 Å². The molecule has 0 spiro atoms. The van der Waals surface area contributed by atoms with Crippen LogP contribution in [0.5, 0.6) is 0 Å². The molecule has 1 atom stereocenters. The second-order valence-corrected chi connectivity index (χ2v) is 4.24. The molecular formula is C11H16N4O3. The summed E-state index contributed by atoms with van der Waals surface area (Å²) in [7, 11) is 0. The minimum Gasteiger partial charge on any atom is -0.480 e. The molecule has 18 heavy (non-hydrogen) atoms. The minimum atomic E-state index is -0.942. The number of carbonyl (C=O) groups excluding carboxylic acids is 1. The number of amides is 2. The molecule has 0 radical (unpaired) electrons. The van der Waals surface area contributed by atoms with Crippen molar-refractivity contribution in [3.05, 3.63) is 18.2 Å². The molecule has 2 heterocycles. The number of urea groups is 1. The number of carboxylic acid groups (broad SMARTS) is 1. The largest absolute Gasteiger partial charge is 0.480 e. The number of carboxylic acids is 1. The van der Waals surface area contributed by atoms with Crippen molar-refractivity contribution < 1.29 is 14.7 Å². The van der Waals surface area contributed by atoms with E-state index in [1.54, 1.807) is 12.4 Å². The highest BCUT2D eigenvalue weighted by Gasteiger charge is 2.31. The van der Waals surface area contributed by atoms with E-state index in [2.05, 4.69) is 15.3 Å². The summed E-state index contributed by atoms with van der Waals surface area (Å²) in [5.41, 5.74) is 0. The van der Waals surface area contributed by atoms with Crippen LogP contribution in [0, 0.1) is 0 Å². The average Bonchev–Trinajstić information content (AvgIpc) is 2.89. The number of carbonyl (C=O) groups is 2. The van der Waals surface area contributed by atoms with Gasteiger partial charge in [0, 0.05) is 18.9 Å². The first-order chi connectivity index (χ1) is 8.68. The number of imidazole rings is 1. The van der Waals surface area contributed by atoms with Crippen molar-refractivity contribution in [2.45, 2.75) is 31.8 Å². The SMILES string of the molecule is O=C(O)C1CCCCN1C(=O)NCc1ncc[nH]1. The number of aromatic amines is 1. The lowest BCUT2D eigenvalue weighted by Gasteiger charge is -2.32. The number of aliphatic carboxylic acids is 1. The third kappa shape index (κ3) is 2.79. The first kappa shape index (κ1) is 12.4. The van der Waals surface area contributed by atoms with E-state index in [0.29, 0.717) is 18.8 Å². The lowest BCUT2D eigenvalue weighted by molar-refractivity contribution is -0.143. The van der Waals surface area contributed by atoms with Crippen molar-refractivity contribution in [3.63, 3.8) is 0 Å². The summed E-state index contributed by atoms with van der Waals surface area (Å²) in [6.07, 6.45) is 5.48. The van der Waals surface area contributed by atoms with Crippen LogP contribution in [0.3, 0.4) is 0 Å². The van der Waals surface area contributed by atoms with E-state index in [9.17, 15) is 9.59 Å². The molecule has 1 aromatic rings. The Morgan fingerprint density at radius 3 is 3.06 bits per heavy atom. The van der Waals surface area contributed by atoms with Crippen molar-refractivity contribution in [2.75, 3.05) is 6.54 Å². The number of piperidine rings is 1. The van der Waals surface area contributed by atoms with Crippen LogP contribution in [-0.2, 0) is 11.3 Å². The van der Waals surface area contributed by atoms with E-state index < -0.39 is 12.0 Å². The van der Waals surface area contributed by atoms with Crippen molar-refractivity contribution in [1.82, 2.24) is 20.2 Å². The number of hydrogen-bond donors (Lipinski definition) is 3. The Bertz CT molecular complexity index is 418. The Labute approximate surface area is 104 Å². The van der Waals surface area contributed by atoms with Gasteiger partial charge < -0.3 is 20.3 Å². The molecule has 2 amide bonds. The Morgan fingerprint density at radius 2 is 2.39 bits per heavy atom. The summed E-state index contributed by atoms with van der Waals surface area (Å²) >= 11 is 0. The third-order valence-electron chi connectivity index (χ3n) is 3.01. The maximum Gasteiger partial charge on any atom is 0.326 e. The zero-order valence-electron chi connectivity index (χ0n) is 9.93. The smallest absolute Gasteiger partial charge is 0.326 e. The van der Waals surface area contributed by atoms with Gasteiger partial charge in [-0.15, -0.1) is 0 Å². The highest BCUT2D eigenvalue weighted by Crippen LogP contribution is 2.17. The standard InChI is InChI=1S/C11H16N4O3/c16-10(17)8-3-1-2-6-15(8)11(18)14-7-9-12-4-5-13-9/h4-5,8H,1-3,6-7H2,(H,12,13)(H,14,18)(H,16,17). The Morgan fingerprint density at radius 1 is 1.56 bits per heavy atom. The Kier molecular flexibility index (Phi) is 3.81. The van der Waals surface area contributed by atoms with Gasteiger partial charge >= 0.3 is 12.0 Å². The molecule has 2 rings (SSSR count). The predicted molar refractivity (Wildman–Crippen MR) is 62.8 cm³/mol. The molecule has 0 bridgehead atoms. The van der Waals surface area contributed by atoms with E-state index >= 15 is 0 Å². The number of nitrogens with zero attached hydrogens (tertiary/aromatic N) is 2. The van der Waals surface area contributed by atoms with Crippen molar-refractivity contribution in [1.29, 1.82) is 0 Å². The number of aromatic nitrogens is 2. The maximum atomic E-state index is 11.9. The second kappa shape index (κ2) is 5.52. The molecule has 0 saturated carbocycles. The van der Waals surface area contributed by atoms with Gasteiger partial charge in [0.1, 0.15) is 11.9 Å². The lowest BCUT2D eigenvalue weighted by Crippen LogP contribution is -2.51. The average molecular weight is 252 g/mol. The molecule has 1 saturated heterocycles. The highest BCUT2D eigenvalue weighted by atomic mass is 16.4. The van der Waals surface area contributed by atoms with E-state index in [0.717, 1.165) is 12.8 Å². The van der Waals surface area contributed by atoms with Gasteiger partial charge in [0.15, 0.2) is 0 Å². The molecule has 1 aromatic heterocycles. The van der Waals surface area contributed by atoms with Gasteiger partial charge in [-0.2, -0.15) is 0 Å². The molecular weight excluding hydrogens is 236 g/mol. The normalized spacial score (nSPS) is 19.6. The van der Waals surface area contributed by atoms with Crippen LogP contribution in [0.25, 0.3) is 0 Å². The van der Waals surface area contributed by atoms with Crippen LogP contribution in [0.1, 0.15) is 25.1 Å². The van der Waals surface area contributed by atoms with E-state index in [1.807, 2.05) is 0 Å². The summed E-state index contributed by atoms with van der Waals surface area (Å²) in [5, 5.41) is 11.7. The van der Waals surface area contributed by atoms with Gasteiger partial charge in [-0.25, -0.2) is 14.6 Å². The molecule has 3 N–H and O–H groups in total. The highest BCUT2D eigenvalue weighted by molar-refractivity contribution is 5.82. The third-order valence-corrected chi connectivity index (χ3v) is 3.01. The van der Waals surface area contributed by atoms with Crippen molar-refractivity contribution >= 4 is 12.0 Å². The maximum absolute atomic E-state index is 11.9. The quantitative estimate of drug-likeness (QED) is 0.732. The van der Waals surface area contributed by atoms with Crippen LogP contribution in [-0.4, -0.2) is 44.6 Å². The molecule has 98 valence electrons. The first-order valence-corrected chi connectivity index (χ1v) is 5.94. The summed E-state index contributed by atoms with van der Waals surface area (Å²) in [6, 6.07) is -1.06. The van der Waals surface area contributed by atoms with Gasteiger partial charge in [-0.1, -0.05) is 0 Å². The number of rotatable bonds is 3. The summed E-state index contributed by atoms with van der Waals surface area (Å²) < 4.78 is 0. The number of H-pyrrole nitrogens is 1. The lowest BCUT2D eigenvalue weighted by atomic mass is 10.0. The molecule has 0 aliphatic carbocycles. The van der Waals surface area contributed by atoms with Crippen LogP contribution >= 0.6 is 0 Å². The van der Waals surface area contributed by atoms with Crippen molar-refractivity contribution in [2.24, 2.45) is 0 Å². The minimum absolute atomic E-state index is 0.272. The van der Waals surface area contributed by atoms with E-state index in [1.165, 1.54) is 4.90 Å². The van der Waals surface area contributed by atoms with Crippen LogP contribution in [0.4, 0.5) is 4.79 Å². The predicted octanol–water partition coefficient (Wildman–Crippen LogP) is 0.558. The van der Waals surface area contributed by atoms with Crippen LogP contribution in [0.15, 0.2) is 12.4 Å². The van der Waals surface area contributed by atoms with Gasteiger partial charge in [0.05, 0.1) is 6.54 Å². The van der Waals surface area contributed by atoms with Gasteiger partial charge in [0.2, 0.25) is 0 Å². The molecule has 1 unspecified atom stereocenters. The number of likely N-dealkylation sites (tertiary alicyclic amines) is 1. The van der Waals surface area contributed by atoms with Crippen molar-refractivity contribution in [3.8, 4) is 0 Å². The first-order valence-electron chi connectivity index (χ1n) is 5.94. The monoisotopic (exact) mass is 252 g/mol. The van der Waals surface area contributed by atoms with Crippen LogP contribution < -0.4 is 5.32 Å².